The van der Waals surface area contributed by atoms with E-state index < -0.39 is 17.8 Å². The summed E-state index contributed by atoms with van der Waals surface area (Å²) in [4.78, 5) is 32.5. The monoisotopic (exact) mass is 427 g/mol. The Morgan fingerprint density at radius 1 is 1.03 bits per heavy atom. The predicted octanol–water partition coefficient (Wildman–Crippen LogP) is 2.85. The lowest BCUT2D eigenvalue weighted by Gasteiger charge is -2.04. The fraction of sp³-hybridized carbons (Fsp3) is 0.190. The van der Waals surface area contributed by atoms with Crippen molar-refractivity contribution >= 4 is 17.8 Å². The molecule has 10 nitrogen and oxygen atoms in total. The number of carboxylic acid groups (broad SMARTS) is 2. The number of carbonyl (C=O) groups excluding carboxylic acids is 1. The summed E-state index contributed by atoms with van der Waals surface area (Å²) in [5, 5.41) is 27.2. The Morgan fingerprint density at radius 2 is 1.71 bits per heavy atom. The van der Waals surface area contributed by atoms with E-state index >= 15 is 0 Å². The van der Waals surface area contributed by atoms with Gasteiger partial charge in [0.25, 0.3) is 11.8 Å². The predicted molar refractivity (Wildman–Crippen MR) is 109 cm³/mol. The van der Waals surface area contributed by atoms with E-state index in [9.17, 15) is 14.4 Å². The highest BCUT2D eigenvalue weighted by Crippen LogP contribution is 2.28. The molecule has 3 rings (SSSR count). The molecule has 31 heavy (non-hydrogen) atoms. The van der Waals surface area contributed by atoms with Crippen molar-refractivity contribution in [3.8, 4) is 17.2 Å². The highest BCUT2D eigenvalue weighted by Gasteiger charge is 2.14. The van der Waals surface area contributed by atoms with E-state index in [0.29, 0.717) is 11.3 Å². The summed E-state index contributed by atoms with van der Waals surface area (Å²) in [5.74, 6) is -1.20. The molecule has 3 aromatic rings. The Kier molecular flexibility index (Phi) is 8.26. The number of para-hydroxylation sites is 1. The number of amides is 1. The van der Waals surface area contributed by atoms with Crippen LogP contribution in [0.4, 0.5) is 0 Å². The number of carbonyl (C=O) groups is 3. The molecule has 0 spiro atoms. The Morgan fingerprint density at radius 3 is 2.35 bits per heavy atom. The van der Waals surface area contributed by atoms with Gasteiger partial charge in [-0.05, 0) is 30.3 Å². The molecule has 1 aromatic heterocycles. The highest BCUT2D eigenvalue weighted by molar-refractivity contribution is 5.97. The molecule has 0 bridgehead atoms. The largest absolute Gasteiger partial charge is 0.496 e. The minimum atomic E-state index is -1.10. The van der Waals surface area contributed by atoms with Crippen LogP contribution in [-0.2, 0) is 11.3 Å². The van der Waals surface area contributed by atoms with Gasteiger partial charge in [-0.2, -0.15) is 0 Å². The van der Waals surface area contributed by atoms with Crippen LogP contribution < -0.4 is 10.1 Å². The Bertz CT molecular complexity index is 1060. The molecule has 0 saturated carbocycles. The summed E-state index contributed by atoms with van der Waals surface area (Å²) in [6.45, 7) is 1.61. The molecular weight excluding hydrogens is 406 g/mol. The molecule has 10 heteroatoms. The number of rotatable bonds is 7. The van der Waals surface area contributed by atoms with Gasteiger partial charge >= 0.3 is 11.9 Å². The Labute approximate surface area is 177 Å². The summed E-state index contributed by atoms with van der Waals surface area (Å²) >= 11 is 0. The maximum absolute atomic E-state index is 12.2. The number of aliphatic carboxylic acids is 1. The number of methoxy groups -OCH3 is 1. The number of nitrogens with one attached hydrogen (secondary N) is 1. The van der Waals surface area contributed by atoms with E-state index in [0.717, 1.165) is 0 Å². The van der Waals surface area contributed by atoms with E-state index in [4.69, 9.17) is 19.4 Å². The molecule has 1 heterocycles. The number of aromatic nitrogens is 2. The average molecular weight is 427 g/mol. The molecule has 0 aliphatic carbocycles. The summed E-state index contributed by atoms with van der Waals surface area (Å²) < 4.78 is 10.8. The Balaban J connectivity index is 0.000000614. The first kappa shape index (κ1) is 23.1. The van der Waals surface area contributed by atoms with E-state index in [1.54, 1.807) is 26.2 Å². The van der Waals surface area contributed by atoms with Crippen molar-refractivity contribution in [2.45, 2.75) is 19.9 Å². The number of hydrogen-bond donors (Lipinski definition) is 3. The van der Waals surface area contributed by atoms with Crippen LogP contribution in [0, 0.1) is 0 Å². The van der Waals surface area contributed by atoms with Crippen molar-refractivity contribution in [3.63, 3.8) is 0 Å². The summed E-state index contributed by atoms with van der Waals surface area (Å²) in [6, 6.07) is 12.9. The molecule has 2 aromatic carbocycles. The molecule has 1 amide bonds. The second-order valence-electron chi connectivity index (χ2n) is 6.02. The van der Waals surface area contributed by atoms with Gasteiger partial charge in [-0.1, -0.05) is 25.1 Å². The van der Waals surface area contributed by atoms with E-state index in [-0.39, 0.29) is 35.9 Å². The van der Waals surface area contributed by atoms with Gasteiger partial charge in [-0.3, -0.25) is 9.59 Å². The molecule has 0 aliphatic heterocycles. The standard InChI is InChI=1S/C18H15N3O5.C3H6O2/c1-25-14-8-3-2-7-13(14)17-21-20-15(26-17)10-19-16(22)11-5-4-6-12(9-11)18(23)24;1-2-3(4)5/h2-9H,10H2,1H3,(H,19,22)(H,23,24);2H2,1H3,(H,4,5). The molecular formula is C21H21N3O7. The third kappa shape index (κ3) is 6.67. The Hall–Kier alpha value is -4.21. The maximum atomic E-state index is 12.2. The van der Waals surface area contributed by atoms with Crippen molar-refractivity contribution in [2.75, 3.05) is 7.11 Å². The number of aromatic carboxylic acids is 1. The minimum absolute atomic E-state index is 0.0122. The lowest BCUT2D eigenvalue weighted by Crippen LogP contribution is -2.23. The van der Waals surface area contributed by atoms with Gasteiger partial charge in [0.05, 0.1) is 24.8 Å². The molecule has 0 fully saturated rings. The SMILES string of the molecule is CCC(=O)O.COc1ccccc1-c1nnc(CNC(=O)c2cccc(C(=O)O)c2)o1. The maximum Gasteiger partial charge on any atom is 0.335 e. The molecule has 0 atom stereocenters. The van der Waals surface area contributed by atoms with Gasteiger partial charge in [0.1, 0.15) is 5.75 Å². The van der Waals surface area contributed by atoms with Gasteiger partial charge in [-0.25, -0.2) is 4.79 Å². The summed E-state index contributed by atoms with van der Waals surface area (Å²) in [5.41, 5.74) is 0.914. The van der Waals surface area contributed by atoms with E-state index in [1.807, 2.05) is 12.1 Å². The van der Waals surface area contributed by atoms with Crippen LogP contribution in [0.2, 0.25) is 0 Å². The third-order valence-corrected chi connectivity index (χ3v) is 3.88. The quantitative estimate of drug-likeness (QED) is 0.517. The van der Waals surface area contributed by atoms with Crippen LogP contribution in [0.15, 0.2) is 52.9 Å². The van der Waals surface area contributed by atoms with Crippen LogP contribution >= 0.6 is 0 Å². The van der Waals surface area contributed by atoms with E-state index in [2.05, 4.69) is 15.5 Å². The van der Waals surface area contributed by atoms with Gasteiger partial charge in [-0.15, -0.1) is 10.2 Å². The van der Waals surface area contributed by atoms with Crippen molar-refractivity contribution in [2.24, 2.45) is 0 Å². The van der Waals surface area contributed by atoms with Gasteiger partial charge in [0.2, 0.25) is 5.89 Å². The molecule has 162 valence electrons. The molecule has 0 radical (unpaired) electrons. The molecule has 0 aliphatic rings. The lowest BCUT2D eigenvalue weighted by molar-refractivity contribution is -0.136. The second-order valence-corrected chi connectivity index (χ2v) is 6.02. The minimum Gasteiger partial charge on any atom is -0.496 e. The zero-order valence-corrected chi connectivity index (χ0v) is 16.9. The normalized spacial score (nSPS) is 9.87. The van der Waals surface area contributed by atoms with Crippen LogP contribution in [-0.4, -0.2) is 45.4 Å². The van der Waals surface area contributed by atoms with Crippen LogP contribution in [0.3, 0.4) is 0 Å². The molecule has 3 N–H and O–H groups in total. The zero-order valence-electron chi connectivity index (χ0n) is 16.9. The third-order valence-electron chi connectivity index (χ3n) is 3.88. The van der Waals surface area contributed by atoms with Crippen molar-refractivity contribution in [1.82, 2.24) is 15.5 Å². The van der Waals surface area contributed by atoms with Crippen LogP contribution in [0.5, 0.6) is 5.75 Å². The number of benzene rings is 2. The van der Waals surface area contributed by atoms with Crippen molar-refractivity contribution < 1.29 is 33.8 Å². The zero-order chi connectivity index (χ0) is 22.8. The number of carboxylic acids is 2. The topological polar surface area (TPSA) is 152 Å². The first-order chi connectivity index (χ1) is 14.8. The molecule has 0 unspecified atom stereocenters. The van der Waals surface area contributed by atoms with Crippen molar-refractivity contribution in [1.29, 1.82) is 0 Å². The van der Waals surface area contributed by atoms with E-state index in [1.165, 1.54) is 24.3 Å². The first-order valence-electron chi connectivity index (χ1n) is 9.14. The summed E-state index contributed by atoms with van der Waals surface area (Å²) in [7, 11) is 1.54. The number of ether oxygens (including phenoxy) is 1. The van der Waals surface area contributed by atoms with Crippen LogP contribution in [0.25, 0.3) is 11.5 Å². The highest BCUT2D eigenvalue weighted by atomic mass is 16.5. The smallest absolute Gasteiger partial charge is 0.335 e. The first-order valence-corrected chi connectivity index (χ1v) is 9.14. The average Bonchev–Trinajstić information content (AvgIpc) is 3.26. The summed E-state index contributed by atoms with van der Waals surface area (Å²) in [6.07, 6.45) is 0.222. The fourth-order valence-electron chi connectivity index (χ4n) is 2.31. The van der Waals surface area contributed by atoms with Gasteiger partial charge in [0.15, 0.2) is 0 Å². The van der Waals surface area contributed by atoms with Gasteiger partial charge < -0.3 is 24.7 Å². The van der Waals surface area contributed by atoms with Gasteiger partial charge in [0, 0.05) is 12.0 Å². The molecule has 0 saturated heterocycles. The van der Waals surface area contributed by atoms with Crippen molar-refractivity contribution in [3.05, 3.63) is 65.5 Å². The lowest BCUT2D eigenvalue weighted by atomic mass is 10.1. The fourth-order valence-corrected chi connectivity index (χ4v) is 2.31. The second kappa shape index (κ2) is 11.1. The number of hydrogen-bond acceptors (Lipinski definition) is 7. The number of nitrogens with zero attached hydrogens (tertiary/aromatic N) is 2. The van der Waals surface area contributed by atoms with Crippen LogP contribution in [0.1, 0.15) is 40.0 Å².